The number of benzene rings is 3. The second-order valence-corrected chi connectivity index (χ2v) is 12.0. The van der Waals surface area contributed by atoms with Crippen LogP contribution in [0.15, 0.2) is 96.0 Å². The molecule has 3 aromatic rings. The van der Waals surface area contributed by atoms with Crippen molar-refractivity contribution in [1.29, 1.82) is 0 Å². The zero-order chi connectivity index (χ0) is 31.5. The molecule has 7 heteroatoms. The largest absolute Gasteiger partial charge is 0.469 e. The summed E-state index contributed by atoms with van der Waals surface area (Å²) in [6.45, 7) is 12.5. The van der Waals surface area contributed by atoms with E-state index in [4.69, 9.17) is 14.5 Å². The molecular weight excluding hydrogens is 538 g/mol. The van der Waals surface area contributed by atoms with Gasteiger partial charge in [-0.25, -0.2) is 4.79 Å². The van der Waals surface area contributed by atoms with Crippen LogP contribution in [0.1, 0.15) is 71.1 Å². The Hall–Kier alpha value is -4.13. The Labute approximate surface area is 257 Å². The van der Waals surface area contributed by atoms with Gasteiger partial charge in [0.2, 0.25) is 0 Å². The van der Waals surface area contributed by atoms with Crippen molar-refractivity contribution in [3.05, 3.63) is 108 Å². The molecule has 0 saturated carbocycles. The number of rotatable bonds is 13. The minimum atomic E-state index is -0.885. The molecule has 230 valence electrons. The monoisotopic (exact) mass is 585 g/mol. The number of esters is 1. The van der Waals surface area contributed by atoms with Gasteiger partial charge in [0.05, 0.1) is 19.9 Å². The fourth-order valence-electron chi connectivity index (χ4n) is 5.54. The number of aliphatic imine (C=N–C) groups is 1. The molecule has 43 heavy (non-hydrogen) atoms. The van der Waals surface area contributed by atoms with Crippen molar-refractivity contribution >= 4 is 18.4 Å². The van der Waals surface area contributed by atoms with Gasteiger partial charge >= 0.3 is 12.1 Å². The average molecular weight is 586 g/mol. The highest BCUT2D eigenvalue weighted by atomic mass is 16.6. The highest BCUT2D eigenvalue weighted by molar-refractivity contribution is 5.72. The number of hydrogen-bond acceptors (Lipinski definition) is 5. The van der Waals surface area contributed by atoms with Crippen LogP contribution in [-0.2, 0) is 19.8 Å². The third-order valence-corrected chi connectivity index (χ3v) is 7.92. The molecular formula is C36H47N3O4. The zero-order valence-corrected chi connectivity index (χ0v) is 26.7. The topological polar surface area (TPSA) is 80.2 Å². The lowest BCUT2D eigenvalue weighted by atomic mass is 9.70. The van der Waals surface area contributed by atoms with Gasteiger partial charge in [0, 0.05) is 24.5 Å². The normalized spacial score (nSPS) is 14.0. The number of nitrogens with zero attached hydrogens (tertiary/aromatic N) is 2. The molecule has 0 aromatic heterocycles. The number of amides is 1. The van der Waals surface area contributed by atoms with E-state index in [1.165, 1.54) is 7.11 Å². The maximum absolute atomic E-state index is 13.2. The van der Waals surface area contributed by atoms with Crippen LogP contribution in [-0.4, -0.2) is 55.1 Å². The van der Waals surface area contributed by atoms with E-state index in [-0.39, 0.29) is 18.9 Å². The Balaban J connectivity index is 2.37. The molecule has 0 saturated heterocycles. The summed E-state index contributed by atoms with van der Waals surface area (Å²) in [6.07, 6.45) is 2.09. The van der Waals surface area contributed by atoms with E-state index in [1.54, 1.807) is 0 Å². The van der Waals surface area contributed by atoms with Crippen LogP contribution in [0, 0.1) is 5.41 Å². The van der Waals surface area contributed by atoms with Gasteiger partial charge in [0.1, 0.15) is 11.1 Å². The minimum absolute atomic E-state index is 0.0703. The predicted molar refractivity (Wildman–Crippen MR) is 173 cm³/mol. The molecule has 0 aliphatic rings. The van der Waals surface area contributed by atoms with E-state index in [0.717, 1.165) is 16.7 Å². The Morgan fingerprint density at radius 2 is 1.30 bits per heavy atom. The van der Waals surface area contributed by atoms with Crippen molar-refractivity contribution in [3.8, 4) is 0 Å². The molecule has 0 radical (unpaired) electrons. The maximum atomic E-state index is 13.2. The maximum Gasteiger partial charge on any atom is 0.407 e. The number of methoxy groups -OCH3 is 1. The van der Waals surface area contributed by atoms with Crippen LogP contribution in [0.3, 0.4) is 0 Å². The number of carbonyl (C=O) groups is 2. The molecule has 2 atom stereocenters. The van der Waals surface area contributed by atoms with Crippen molar-refractivity contribution in [2.24, 2.45) is 10.4 Å². The van der Waals surface area contributed by atoms with Gasteiger partial charge < -0.3 is 19.7 Å². The van der Waals surface area contributed by atoms with Gasteiger partial charge in [0.25, 0.3) is 0 Å². The van der Waals surface area contributed by atoms with Crippen LogP contribution >= 0.6 is 0 Å². The van der Waals surface area contributed by atoms with E-state index in [9.17, 15) is 9.59 Å². The number of carbonyl (C=O) groups excluding carboxylic acids is 2. The van der Waals surface area contributed by atoms with E-state index in [1.807, 2.05) is 88.6 Å². The Bertz CT molecular complexity index is 1230. The van der Waals surface area contributed by atoms with E-state index in [2.05, 4.69) is 60.5 Å². The SMILES string of the molecule is CC/N=C\N(C(CC(=O)OC)C(C)(CC)CNC(=O)OC(C)(C)C)C(c1ccccc1)(c1ccccc1)c1ccccc1. The second-order valence-electron chi connectivity index (χ2n) is 12.0. The Kier molecular flexibility index (Phi) is 11.5. The number of hydrogen-bond donors (Lipinski definition) is 1. The lowest BCUT2D eigenvalue weighted by Gasteiger charge is -2.53. The average Bonchev–Trinajstić information content (AvgIpc) is 3.01. The molecule has 2 unspecified atom stereocenters. The van der Waals surface area contributed by atoms with Crippen LogP contribution in [0.4, 0.5) is 4.79 Å². The minimum Gasteiger partial charge on any atom is -0.469 e. The van der Waals surface area contributed by atoms with E-state index >= 15 is 0 Å². The van der Waals surface area contributed by atoms with Crippen molar-refractivity contribution in [2.75, 3.05) is 20.2 Å². The van der Waals surface area contributed by atoms with E-state index < -0.39 is 28.7 Å². The summed E-state index contributed by atoms with van der Waals surface area (Å²) in [5.74, 6) is -0.347. The van der Waals surface area contributed by atoms with Crippen LogP contribution in [0.2, 0.25) is 0 Å². The number of ether oxygens (including phenoxy) is 2. The number of nitrogens with one attached hydrogen (secondary N) is 1. The summed E-state index contributed by atoms with van der Waals surface area (Å²) in [7, 11) is 1.41. The first-order valence-electron chi connectivity index (χ1n) is 15.0. The van der Waals surface area contributed by atoms with E-state index in [0.29, 0.717) is 13.0 Å². The van der Waals surface area contributed by atoms with Crippen molar-refractivity contribution < 1.29 is 19.1 Å². The molecule has 1 amide bonds. The third-order valence-electron chi connectivity index (χ3n) is 7.92. The molecule has 1 N–H and O–H groups in total. The van der Waals surface area contributed by atoms with Gasteiger partial charge in [-0.15, -0.1) is 0 Å². The van der Waals surface area contributed by atoms with Gasteiger partial charge in [0.15, 0.2) is 0 Å². The summed E-state index contributed by atoms with van der Waals surface area (Å²) >= 11 is 0. The lowest BCUT2D eigenvalue weighted by Crippen LogP contribution is -2.60. The predicted octanol–water partition coefficient (Wildman–Crippen LogP) is 7.20. The molecule has 0 aliphatic carbocycles. The molecule has 7 nitrogen and oxygen atoms in total. The summed E-state index contributed by atoms with van der Waals surface area (Å²) in [4.78, 5) is 33.1. The molecule has 3 aromatic carbocycles. The lowest BCUT2D eigenvalue weighted by molar-refractivity contribution is -0.143. The smallest absolute Gasteiger partial charge is 0.407 e. The quantitative estimate of drug-likeness (QED) is 0.0993. The third kappa shape index (κ3) is 8.04. The molecule has 3 rings (SSSR count). The Morgan fingerprint density at radius 1 is 0.837 bits per heavy atom. The van der Waals surface area contributed by atoms with Crippen LogP contribution < -0.4 is 5.32 Å². The standard InChI is InChI=1S/C36H47N3O4/c1-8-35(6,26-38-33(41)43-34(3,4)5)31(25-32(40)42-7)39(27-37-9-2)36(28-19-13-10-14-20-28,29-21-15-11-16-22-29)30-23-17-12-18-24-30/h10-24,27,31H,8-9,25-26H2,1-7H3,(H,38,41)/b37-27-. The van der Waals surface area contributed by atoms with Crippen LogP contribution in [0.5, 0.6) is 0 Å². The van der Waals surface area contributed by atoms with Crippen molar-refractivity contribution in [2.45, 2.75) is 71.6 Å². The van der Waals surface area contributed by atoms with Gasteiger partial charge in [-0.2, -0.15) is 0 Å². The first-order valence-corrected chi connectivity index (χ1v) is 15.0. The van der Waals surface area contributed by atoms with Crippen molar-refractivity contribution in [1.82, 2.24) is 10.2 Å². The highest BCUT2D eigenvalue weighted by Crippen LogP contribution is 2.46. The molecule has 0 spiro atoms. The second kappa shape index (κ2) is 14.9. The first kappa shape index (κ1) is 33.4. The molecule has 0 bridgehead atoms. The van der Waals surface area contributed by atoms with Gasteiger partial charge in [-0.3, -0.25) is 9.79 Å². The van der Waals surface area contributed by atoms with Crippen molar-refractivity contribution in [3.63, 3.8) is 0 Å². The summed E-state index contributed by atoms with van der Waals surface area (Å²) in [5.41, 5.74) is 0.911. The molecule has 0 aliphatic heterocycles. The fourth-order valence-corrected chi connectivity index (χ4v) is 5.54. The summed E-state index contributed by atoms with van der Waals surface area (Å²) in [6, 6.07) is 30.4. The first-order chi connectivity index (χ1) is 20.5. The Morgan fingerprint density at radius 3 is 1.67 bits per heavy atom. The highest BCUT2D eigenvalue weighted by Gasteiger charge is 2.49. The zero-order valence-electron chi connectivity index (χ0n) is 26.7. The fraction of sp³-hybridized carbons (Fsp3) is 0.417. The number of alkyl carbamates (subject to hydrolysis) is 1. The molecule has 0 fully saturated rings. The van der Waals surface area contributed by atoms with Gasteiger partial charge in [-0.1, -0.05) is 105 Å². The van der Waals surface area contributed by atoms with Gasteiger partial charge in [-0.05, 0) is 50.8 Å². The molecule has 0 heterocycles. The summed E-state index contributed by atoms with van der Waals surface area (Å²) < 4.78 is 10.9. The summed E-state index contributed by atoms with van der Waals surface area (Å²) in [5, 5.41) is 3.00. The van der Waals surface area contributed by atoms with Crippen LogP contribution in [0.25, 0.3) is 0 Å².